The maximum atomic E-state index is 10.5. The lowest BCUT2D eigenvalue weighted by Crippen LogP contribution is -2.32. The molecule has 0 aliphatic rings. The minimum Gasteiger partial charge on any atom is -0.284 e. The van der Waals surface area contributed by atoms with Crippen molar-refractivity contribution in [2.24, 2.45) is 5.84 Å². The highest BCUT2D eigenvalue weighted by Gasteiger charge is 1.99. The molecule has 0 aromatic carbocycles. The van der Waals surface area contributed by atoms with Crippen LogP contribution in [0.5, 0.6) is 0 Å². The van der Waals surface area contributed by atoms with Gasteiger partial charge in [-0.3, -0.25) is 9.80 Å². The summed E-state index contributed by atoms with van der Waals surface area (Å²) < 4.78 is 0. The smallest absolute Gasteiger partial charge is 0.236 e. The summed E-state index contributed by atoms with van der Waals surface area (Å²) >= 11 is 0. The average molecular weight is 116 g/mol. The molecule has 0 saturated carbocycles. The molecular weight excluding hydrogens is 104 g/mol. The van der Waals surface area contributed by atoms with Crippen LogP contribution in [0, 0.1) is 0 Å². The molecule has 8 heavy (non-hydrogen) atoms. The van der Waals surface area contributed by atoms with Gasteiger partial charge in [0, 0.05) is 13.5 Å². The fourth-order valence-corrected chi connectivity index (χ4v) is 0.390. The van der Waals surface area contributed by atoms with E-state index in [0.29, 0.717) is 6.42 Å². The van der Waals surface area contributed by atoms with E-state index >= 15 is 0 Å². The molecule has 0 aromatic heterocycles. The van der Waals surface area contributed by atoms with Crippen molar-refractivity contribution < 1.29 is 4.79 Å². The number of nitrogens with zero attached hydrogens (tertiary/aromatic N) is 1. The van der Waals surface area contributed by atoms with Crippen molar-refractivity contribution in [3.05, 3.63) is 0 Å². The number of carbonyl (C=O) groups is 1. The lowest BCUT2D eigenvalue weighted by molar-refractivity contribution is -0.130. The van der Waals surface area contributed by atoms with Crippen LogP contribution in [0.3, 0.4) is 0 Å². The number of hydrazine groups is 1. The SMILES string of the molecule is CCCC(=O)N(C)N. The van der Waals surface area contributed by atoms with Gasteiger partial charge in [-0.05, 0) is 6.42 Å². The van der Waals surface area contributed by atoms with E-state index in [1.54, 1.807) is 7.05 Å². The summed E-state index contributed by atoms with van der Waals surface area (Å²) in [4.78, 5) is 10.5. The highest BCUT2D eigenvalue weighted by atomic mass is 16.2. The average Bonchev–Trinajstić information content (AvgIpc) is 1.67. The van der Waals surface area contributed by atoms with Gasteiger partial charge in [-0.1, -0.05) is 6.92 Å². The van der Waals surface area contributed by atoms with E-state index in [1.807, 2.05) is 6.92 Å². The predicted molar refractivity (Wildman–Crippen MR) is 31.9 cm³/mol. The van der Waals surface area contributed by atoms with E-state index in [4.69, 9.17) is 5.84 Å². The van der Waals surface area contributed by atoms with Gasteiger partial charge >= 0.3 is 0 Å². The number of hydrogen-bond donors (Lipinski definition) is 1. The molecule has 0 aliphatic heterocycles. The second-order valence-corrected chi connectivity index (χ2v) is 1.75. The molecule has 48 valence electrons. The van der Waals surface area contributed by atoms with E-state index in [0.717, 1.165) is 11.4 Å². The standard InChI is InChI=1S/C5H12N2O/c1-3-4-5(8)7(2)6/h3-4,6H2,1-2H3. The summed E-state index contributed by atoms with van der Waals surface area (Å²) in [5.41, 5.74) is 0. The molecule has 0 spiro atoms. The van der Waals surface area contributed by atoms with Gasteiger partial charge < -0.3 is 0 Å². The van der Waals surface area contributed by atoms with E-state index < -0.39 is 0 Å². The van der Waals surface area contributed by atoms with Crippen molar-refractivity contribution in [1.29, 1.82) is 0 Å². The van der Waals surface area contributed by atoms with Gasteiger partial charge in [0.15, 0.2) is 0 Å². The first-order valence-electron chi connectivity index (χ1n) is 2.69. The first kappa shape index (κ1) is 7.43. The van der Waals surface area contributed by atoms with Crippen LogP contribution in [-0.4, -0.2) is 18.0 Å². The van der Waals surface area contributed by atoms with E-state index in [-0.39, 0.29) is 5.91 Å². The first-order valence-corrected chi connectivity index (χ1v) is 2.69. The van der Waals surface area contributed by atoms with Gasteiger partial charge in [0.1, 0.15) is 0 Å². The van der Waals surface area contributed by atoms with E-state index in [9.17, 15) is 4.79 Å². The minimum atomic E-state index is -0.00694. The molecule has 0 bridgehead atoms. The fourth-order valence-electron chi connectivity index (χ4n) is 0.390. The van der Waals surface area contributed by atoms with Gasteiger partial charge in [-0.2, -0.15) is 0 Å². The summed E-state index contributed by atoms with van der Waals surface area (Å²) in [6.45, 7) is 1.95. The Labute approximate surface area is 49.4 Å². The van der Waals surface area contributed by atoms with Crippen molar-refractivity contribution >= 4 is 5.91 Å². The maximum absolute atomic E-state index is 10.5. The predicted octanol–water partition coefficient (Wildman–Crippen LogP) is 0.119. The Hall–Kier alpha value is -0.570. The lowest BCUT2D eigenvalue weighted by atomic mass is 10.3. The van der Waals surface area contributed by atoms with Gasteiger partial charge in [0.2, 0.25) is 5.91 Å². The third-order valence-corrected chi connectivity index (χ3v) is 0.857. The zero-order valence-corrected chi connectivity index (χ0v) is 5.35. The minimum absolute atomic E-state index is 0.00694. The molecule has 0 unspecified atom stereocenters. The van der Waals surface area contributed by atoms with Crippen LogP contribution >= 0.6 is 0 Å². The van der Waals surface area contributed by atoms with Crippen molar-refractivity contribution in [2.45, 2.75) is 19.8 Å². The van der Waals surface area contributed by atoms with Crippen LogP contribution in [0.2, 0.25) is 0 Å². The zero-order chi connectivity index (χ0) is 6.57. The Bertz CT molecular complexity index is 80.5. The highest BCUT2D eigenvalue weighted by molar-refractivity contribution is 5.74. The van der Waals surface area contributed by atoms with E-state index in [2.05, 4.69) is 0 Å². The lowest BCUT2D eigenvalue weighted by Gasteiger charge is -2.06. The Morgan fingerprint density at radius 3 is 2.38 bits per heavy atom. The van der Waals surface area contributed by atoms with Crippen LogP contribution < -0.4 is 5.84 Å². The molecule has 2 N–H and O–H groups in total. The summed E-state index contributed by atoms with van der Waals surface area (Å²) in [6.07, 6.45) is 1.41. The molecule has 0 aliphatic carbocycles. The molecule has 0 radical (unpaired) electrons. The number of nitrogens with two attached hydrogens (primary N) is 1. The van der Waals surface area contributed by atoms with Crippen LogP contribution in [0.15, 0.2) is 0 Å². The van der Waals surface area contributed by atoms with Crippen molar-refractivity contribution in [2.75, 3.05) is 7.05 Å². The van der Waals surface area contributed by atoms with E-state index in [1.165, 1.54) is 0 Å². The normalized spacial score (nSPS) is 8.88. The molecule has 0 rings (SSSR count). The third kappa shape index (κ3) is 2.58. The first-order chi connectivity index (χ1) is 3.68. The fraction of sp³-hybridized carbons (Fsp3) is 0.800. The number of rotatable bonds is 2. The number of amides is 1. The molecule has 0 fully saturated rings. The van der Waals surface area contributed by atoms with Crippen LogP contribution in [0.4, 0.5) is 0 Å². The van der Waals surface area contributed by atoms with Gasteiger partial charge in [0.05, 0.1) is 0 Å². The molecule has 0 heterocycles. The van der Waals surface area contributed by atoms with Crippen LogP contribution in [0.25, 0.3) is 0 Å². The molecule has 0 aromatic rings. The Morgan fingerprint density at radius 2 is 2.25 bits per heavy atom. The van der Waals surface area contributed by atoms with Crippen LogP contribution in [-0.2, 0) is 4.79 Å². The quantitative estimate of drug-likeness (QED) is 0.316. The molecule has 0 saturated heterocycles. The van der Waals surface area contributed by atoms with Gasteiger partial charge in [-0.25, -0.2) is 5.84 Å². The number of carbonyl (C=O) groups excluding carboxylic acids is 1. The van der Waals surface area contributed by atoms with Gasteiger partial charge in [0.25, 0.3) is 0 Å². The molecular formula is C5H12N2O. The summed E-state index contributed by atoms with van der Waals surface area (Å²) in [6, 6.07) is 0. The Balaban J connectivity index is 3.33. The molecule has 1 amide bonds. The highest BCUT2D eigenvalue weighted by Crippen LogP contribution is 1.87. The molecule has 0 atom stereocenters. The molecule has 3 nitrogen and oxygen atoms in total. The number of hydrogen-bond acceptors (Lipinski definition) is 2. The summed E-state index contributed by atoms with van der Waals surface area (Å²) in [5.74, 6) is 5.10. The third-order valence-electron chi connectivity index (χ3n) is 0.857. The summed E-state index contributed by atoms with van der Waals surface area (Å²) in [5, 5.41) is 1.11. The van der Waals surface area contributed by atoms with Crippen molar-refractivity contribution in [3.8, 4) is 0 Å². The molecule has 3 heteroatoms. The second kappa shape index (κ2) is 3.43. The topological polar surface area (TPSA) is 46.3 Å². The second-order valence-electron chi connectivity index (χ2n) is 1.75. The zero-order valence-electron chi connectivity index (χ0n) is 5.35. The van der Waals surface area contributed by atoms with Crippen LogP contribution in [0.1, 0.15) is 19.8 Å². The van der Waals surface area contributed by atoms with Gasteiger partial charge in [-0.15, -0.1) is 0 Å². The Morgan fingerprint density at radius 1 is 1.75 bits per heavy atom. The maximum Gasteiger partial charge on any atom is 0.236 e. The van der Waals surface area contributed by atoms with Crippen molar-refractivity contribution in [1.82, 2.24) is 5.01 Å². The Kier molecular flexibility index (Phi) is 3.19. The largest absolute Gasteiger partial charge is 0.284 e. The van der Waals surface area contributed by atoms with Crippen molar-refractivity contribution in [3.63, 3.8) is 0 Å². The summed E-state index contributed by atoms with van der Waals surface area (Å²) in [7, 11) is 1.55. The monoisotopic (exact) mass is 116 g/mol.